The standard InChI is InChI=1S/C16H27N3O5/c1-10(2)18-16(21)17-8-15-14(20)5-4-12(23-15)6-11-7-13(9-22-3)24-19-11/h7,10,12,14-15,20H,4-6,8-9H2,1-3H3,(H2,17,18,21). The van der Waals surface area contributed by atoms with Crippen molar-refractivity contribution < 1.29 is 23.9 Å². The van der Waals surface area contributed by atoms with Crippen LogP contribution >= 0.6 is 0 Å². The van der Waals surface area contributed by atoms with Gasteiger partial charge < -0.3 is 29.7 Å². The van der Waals surface area contributed by atoms with Crippen LogP contribution in [0.15, 0.2) is 10.6 Å². The van der Waals surface area contributed by atoms with Gasteiger partial charge in [-0.05, 0) is 26.7 Å². The van der Waals surface area contributed by atoms with E-state index in [1.54, 1.807) is 7.11 Å². The largest absolute Gasteiger partial charge is 0.390 e. The number of amides is 2. The van der Waals surface area contributed by atoms with Crippen LogP contribution in [-0.2, 0) is 22.5 Å². The second-order valence-electron chi connectivity index (χ2n) is 6.37. The lowest BCUT2D eigenvalue weighted by Crippen LogP contribution is -2.49. The van der Waals surface area contributed by atoms with E-state index in [1.165, 1.54) is 0 Å². The summed E-state index contributed by atoms with van der Waals surface area (Å²) in [5.41, 5.74) is 0.799. The molecule has 0 aromatic carbocycles. The van der Waals surface area contributed by atoms with Gasteiger partial charge in [0, 0.05) is 32.2 Å². The molecule has 0 bridgehead atoms. The Balaban J connectivity index is 1.81. The minimum atomic E-state index is -0.582. The van der Waals surface area contributed by atoms with E-state index >= 15 is 0 Å². The number of aliphatic hydroxyl groups is 1. The first kappa shape index (κ1) is 18.7. The third-order valence-electron chi connectivity index (χ3n) is 3.80. The Hall–Kier alpha value is -1.64. The quantitative estimate of drug-likeness (QED) is 0.683. The van der Waals surface area contributed by atoms with Crippen LogP contribution in [0.5, 0.6) is 0 Å². The zero-order valence-corrected chi connectivity index (χ0v) is 14.4. The molecule has 3 atom stereocenters. The van der Waals surface area contributed by atoms with Crippen LogP contribution < -0.4 is 10.6 Å². The summed E-state index contributed by atoms with van der Waals surface area (Å²) in [6.45, 7) is 4.42. The molecule has 1 fully saturated rings. The first-order valence-corrected chi connectivity index (χ1v) is 8.29. The minimum absolute atomic E-state index is 0.0587. The summed E-state index contributed by atoms with van der Waals surface area (Å²) in [6.07, 6.45) is 0.908. The van der Waals surface area contributed by atoms with Crippen LogP contribution in [0, 0.1) is 0 Å². The fraction of sp³-hybridized carbons (Fsp3) is 0.750. The summed E-state index contributed by atoms with van der Waals surface area (Å²) < 4.78 is 16.1. The Kier molecular flexibility index (Phi) is 7.01. The van der Waals surface area contributed by atoms with Crippen LogP contribution in [0.3, 0.4) is 0 Å². The molecule has 0 aliphatic carbocycles. The van der Waals surface area contributed by atoms with Gasteiger partial charge in [-0.3, -0.25) is 0 Å². The summed E-state index contributed by atoms with van der Waals surface area (Å²) in [6, 6.07) is 1.65. The first-order chi connectivity index (χ1) is 11.5. The molecule has 8 nitrogen and oxygen atoms in total. The van der Waals surface area contributed by atoms with Crippen LogP contribution in [-0.4, -0.2) is 54.3 Å². The van der Waals surface area contributed by atoms with E-state index in [0.29, 0.717) is 25.2 Å². The van der Waals surface area contributed by atoms with Crippen molar-refractivity contribution in [2.24, 2.45) is 0 Å². The molecule has 0 spiro atoms. The van der Waals surface area contributed by atoms with E-state index in [2.05, 4.69) is 15.8 Å². The van der Waals surface area contributed by atoms with Gasteiger partial charge in [0.05, 0.1) is 17.9 Å². The Morgan fingerprint density at radius 3 is 3.00 bits per heavy atom. The van der Waals surface area contributed by atoms with Crippen molar-refractivity contribution in [2.45, 2.75) is 64.1 Å². The molecule has 2 heterocycles. The summed E-state index contributed by atoms with van der Waals surface area (Å²) >= 11 is 0. The molecule has 1 aromatic rings. The number of hydrogen-bond donors (Lipinski definition) is 3. The van der Waals surface area contributed by atoms with Crippen LogP contribution in [0.2, 0.25) is 0 Å². The van der Waals surface area contributed by atoms with Crippen molar-refractivity contribution in [3.8, 4) is 0 Å². The highest BCUT2D eigenvalue weighted by Crippen LogP contribution is 2.22. The minimum Gasteiger partial charge on any atom is -0.390 e. The Morgan fingerprint density at radius 2 is 2.29 bits per heavy atom. The Bertz CT molecular complexity index is 520. The van der Waals surface area contributed by atoms with Crippen molar-refractivity contribution in [1.29, 1.82) is 0 Å². The number of aromatic nitrogens is 1. The average molecular weight is 341 g/mol. The molecule has 1 saturated heterocycles. The lowest BCUT2D eigenvalue weighted by Gasteiger charge is -2.33. The molecule has 24 heavy (non-hydrogen) atoms. The van der Waals surface area contributed by atoms with Crippen LogP contribution in [0.1, 0.15) is 38.1 Å². The van der Waals surface area contributed by atoms with E-state index in [-0.39, 0.29) is 24.7 Å². The zero-order chi connectivity index (χ0) is 17.5. The number of hydrogen-bond acceptors (Lipinski definition) is 6. The predicted octanol–water partition coefficient (Wildman–Crippen LogP) is 0.980. The lowest BCUT2D eigenvalue weighted by atomic mass is 9.98. The highest BCUT2D eigenvalue weighted by molar-refractivity contribution is 5.74. The van der Waals surface area contributed by atoms with E-state index in [9.17, 15) is 9.90 Å². The molecule has 1 aromatic heterocycles. The number of nitrogens with zero attached hydrogens (tertiary/aromatic N) is 1. The normalized spacial score (nSPS) is 24.1. The fourth-order valence-corrected chi connectivity index (χ4v) is 2.68. The topological polar surface area (TPSA) is 106 Å². The van der Waals surface area contributed by atoms with Gasteiger partial charge in [-0.2, -0.15) is 0 Å². The molecule has 2 rings (SSSR count). The highest BCUT2D eigenvalue weighted by Gasteiger charge is 2.30. The second kappa shape index (κ2) is 9.00. The molecule has 2 amide bonds. The predicted molar refractivity (Wildman–Crippen MR) is 86.5 cm³/mol. The maximum atomic E-state index is 11.6. The number of nitrogens with one attached hydrogen (secondary N) is 2. The third-order valence-corrected chi connectivity index (χ3v) is 3.80. The number of aliphatic hydroxyl groups excluding tert-OH is 1. The van der Waals surface area contributed by atoms with Crippen molar-refractivity contribution in [2.75, 3.05) is 13.7 Å². The van der Waals surface area contributed by atoms with E-state index < -0.39 is 12.2 Å². The average Bonchev–Trinajstić information content (AvgIpc) is 2.95. The van der Waals surface area contributed by atoms with Gasteiger partial charge in [-0.1, -0.05) is 5.16 Å². The van der Waals surface area contributed by atoms with Gasteiger partial charge in [0.25, 0.3) is 0 Å². The smallest absolute Gasteiger partial charge is 0.315 e. The number of methoxy groups -OCH3 is 1. The van der Waals surface area contributed by atoms with Gasteiger partial charge in [-0.25, -0.2) is 4.79 Å². The second-order valence-corrected chi connectivity index (χ2v) is 6.37. The molecule has 3 unspecified atom stereocenters. The van der Waals surface area contributed by atoms with Gasteiger partial charge in [0.15, 0.2) is 5.76 Å². The maximum absolute atomic E-state index is 11.6. The molecule has 8 heteroatoms. The summed E-state index contributed by atoms with van der Waals surface area (Å²) in [7, 11) is 1.60. The van der Waals surface area contributed by atoms with E-state index in [4.69, 9.17) is 14.0 Å². The van der Waals surface area contributed by atoms with Crippen molar-refractivity contribution in [3.05, 3.63) is 17.5 Å². The molecule has 136 valence electrons. The SMILES string of the molecule is COCc1cc(CC2CCC(O)C(CNC(=O)NC(C)C)O2)no1. The number of rotatable bonds is 7. The zero-order valence-electron chi connectivity index (χ0n) is 14.4. The summed E-state index contributed by atoms with van der Waals surface area (Å²) in [5.74, 6) is 0.673. The van der Waals surface area contributed by atoms with Gasteiger partial charge >= 0.3 is 6.03 Å². The number of carbonyl (C=O) groups is 1. The van der Waals surface area contributed by atoms with Crippen molar-refractivity contribution in [1.82, 2.24) is 15.8 Å². The van der Waals surface area contributed by atoms with E-state index in [1.807, 2.05) is 19.9 Å². The highest BCUT2D eigenvalue weighted by atomic mass is 16.5. The molecule has 1 aliphatic heterocycles. The molecule has 0 saturated carbocycles. The number of carbonyl (C=O) groups excluding carboxylic acids is 1. The van der Waals surface area contributed by atoms with Crippen molar-refractivity contribution in [3.63, 3.8) is 0 Å². The molecule has 0 radical (unpaired) electrons. The third kappa shape index (κ3) is 5.77. The monoisotopic (exact) mass is 341 g/mol. The molecule has 1 aliphatic rings. The van der Waals surface area contributed by atoms with Gasteiger partial charge in [0.2, 0.25) is 0 Å². The van der Waals surface area contributed by atoms with Crippen molar-refractivity contribution >= 4 is 6.03 Å². The lowest BCUT2D eigenvalue weighted by molar-refractivity contribution is -0.113. The molecular formula is C16H27N3O5. The number of urea groups is 1. The van der Waals surface area contributed by atoms with E-state index in [0.717, 1.165) is 12.1 Å². The Morgan fingerprint density at radius 1 is 1.50 bits per heavy atom. The van der Waals surface area contributed by atoms with Gasteiger partial charge in [-0.15, -0.1) is 0 Å². The summed E-state index contributed by atoms with van der Waals surface area (Å²) in [5, 5.41) is 19.6. The van der Waals surface area contributed by atoms with Crippen LogP contribution in [0.25, 0.3) is 0 Å². The molecule has 3 N–H and O–H groups in total. The summed E-state index contributed by atoms with van der Waals surface area (Å²) in [4.78, 5) is 11.6. The maximum Gasteiger partial charge on any atom is 0.315 e. The first-order valence-electron chi connectivity index (χ1n) is 8.29. The fourth-order valence-electron chi connectivity index (χ4n) is 2.68. The Labute approximate surface area is 141 Å². The van der Waals surface area contributed by atoms with Gasteiger partial charge in [0.1, 0.15) is 12.7 Å². The molecular weight excluding hydrogens is 314 g/mol. The number of ether oxygens (including phenoxy) is 2. The van der Waals surface area contributed by atoms with Crippen LogP contribution in [0.4, 0.5) is 4.79 Å².